The molecule has 8 heteroatoms. The molecule has 0 spiro atoms. The van der Waals surface area contributed by atoms with Crippen LogP contribution in [0.25, 0.3) is 10.9 Å². The van der Waals surface area contributed by atoms with Gasteiger partial charge in [0.25, 0.3) is 0 Å². The van der Waals surface area contributed by atoms with Gasteiger partial charge in [0, 0.05) is 36.4 Å². The predicted molar refractivity (Wildman–Crippen MR) is 119 cm³/mol. The molecule has 162 valence electrons. The Balaban J connectivity index is 1.48. The second-order valence-electron chi connectivity index (χ2n) is 8.16. The van der Waals surface area contributed by atoms with E-state index in [2.05, 4.69) is 25.5 Å². The van der Waals surface area contributed by atoms with E-state index in [0.717, 1.165) is 61.2 Å². The lowest BCUT2D eigenvalue weighted by Gasteiger charge is -2.28. The van der Waals surface area contributed by atoms with Gasteiger partial charge in [-0.3, -0.25) is 0 Å². The van der Waals surface area contributed by atoms with Crippen LogP contribution in [0.5, 0.6) is 5.75 Å². The van der Waals surface area contributed by atoms with Crippen molar-refractivity contribution in [2.45, 2.75) is 31.5 Å². The molecule has 3 N–H and O–H groups in total. The van der Waals surface area contributed by atoms with Gasteiger partial charge in [0.2, 0.25) is 5.95 Å². The normalized spacial score (nSPS) is 19.7. The summed E-state index contributed by atoms with van der Waals surface area (Å²) in [6.45, 7) is 3.27. The minimum atomic E-state index is -0.323. The zero-order valence-electron chi connectivity index (χ0n) is 17.2. The molecule has 2 fully saturated rings. The first-order valence-electron chi connectivity index (χ1n) is 10.8. The van der Waals surface area contributed by atoms with Crippen LogP contribution in [0.4, 0.5) is 21.7 Å². The standard InChI is InChI=1S/C23H26FN5O2/c24-16-2-1-3-17(11-16)27-23-26-13-15-10-21(29-9-6-18(30)14-29)22(12-20(15)28-23)31-19-4-7-25-8-5-19/h1-3,10-13,18-19,25,30H,4-9,14H2,(H,26,27,28). The van der Waals surface area contributed by atoms with Crippen molar-refractivity contribution in [3.63, 3.8) is 0 Å². The fourth-order valence-electron chi connectivity index (χ4n) is 4.20. The molecule has 3 aromatic rings. The lowest BCUT2D eigenvalue weighted by Crippen LogP contribution is -2.34. The summed E-state index contributed by atoms with van der Waals surface area (Å²) >= 11 is 0. The minimum absolute atomic E-state index is 0.150. The van der Waals surface area contributed by atoms with Crippen molar-refractivity contribution in [1.82, 2.24) is 15.3 Å². The molecule has 1 atom stereocenters. The molecular formula is C23H26FN5O2. The van der Waals surface area contributed by atoms with Crippen LogP contribution >= 0.6 is 0 Å². The predicted octanol–water partition coefficient (Wildman–Crippen LogP) is 3.21. The van der Waals surface area contributed by atoms with E-state index in [1.54, 1.807) is 18.3 Å². The molecule has 5 rings (SSSR count). The molecule has 0 aliphatic carbocycles. The van der Waals surface area contributed by atoms with Gasteiger partial charge < -0.3 is 25.4 Å². The van der Waals surface area contributed by atoms with E-state index in [9.17, 15) is 9.50 Å². The number of halogens is 1. The quantitative estimate of drug-likeness (QED) is 0.581. The number of nitrogens with zero attached hydrogens (tertiary/aromatic N) is 3. The maximum atomic E-state index is 13.5. The maximum Gasteiger partial charge on any atom is 0.227 e. The first kappa shape index (κ1) is 20.0. The summed E-state index contributed by atoms with van der Waals surface area (Å²) in [6.07, 6.45) is 4.24. The molecule has 2 aliphatic rings. The SMILES string of the molecule is OC1CCN(c2cc3cnc(Nc4cccc(F)c4)nc3cc2OC2CCNCC2)C1. The third kappa shape index (κ3) is 4.55. The Kier molecular flexibility index (Phi) is 5.57. The Morgan fingerprint density at radius 3 is 2.81 bits per heavy atom. The average Bonchev–Trinajstić information content (AvgIpc) is 3.20. The molecule has 0 saturated carbocycles. The van der Waals surface area contributed by atoms with Gasteiger partial charge in [-0.05, 0) is 56.6 Å². The van der Waals surface area contributed by atoms with Crippen molar-refractivity contribution in [1.29, 1.82) is 0 Å². The maximum absolute atomic E-state index is 13.5. The van der Waals surface area contributed by atoms with Gasteiger partial charge in [-0.1, -0.05) is 6.07 Å². The lowest BCUT2D eigenvalue weighted by molar-refractivity contribution is 0.163. The van der Waals surface area contributed by atoms with Crippen molar-refractivity contribution in [3.8, 4) is 5.75 Å². The third-order valence-electron chi connectivity index (χ3n) is 5.83. The van der Waals surface area contributed by atoms with Crippen LogP contribution in [0.2, 0.25) is 0 Å². The largest absolute Gasteiger partial charge is 0.488 e. The first-order chi connectivity index (χ1) is 15.1. The molecule has 0 amide bonds. The number of anilines is 3. The highest BCUT2D eigenvalue weighted by molar-refractivity contribution is 5.86. The number of rotatable bonds is 5. The summed E-state index contributed by atoms with van der Waals surface area (Å²) in [6, 6.07) is 10.2. The summed E-state index contributed by atoms with van der Waals surface area (Å²) in [5.74, 6) is 0.861. The van der Waals surface area contributed by atoms with Gasteiger partial charge in [0.15, 0.2) is 0 Å². The van der Waals surface area contributed by atoms with Crippen molar-refractivity contribution in [3.05, 3.63) is 48.4 Å². The Morgan fingerprint density at radius 1 is 1.16 bits per heavy atom. The van der Waals surface area contributed by atoms with Crippen LogP contribution in [-0.2, 0) is 0 Å². The van der Waals surface area contributed by atoms with Crippen LogP contribution < -0.4 is 20.3 Å². The van der Waals surface area contributed by atoms with E-state index in [1.165, 1.54) is 12.1 Å². The van der Waals surface area contributed by atoms with E-state index in [1.807, 2.05) is 12.1 Å². The smallest absolute Gasteiger partial charge is 0.227 e. The van der Waals surface area contributed by atoms with Crippen LogP contribution in [0.1, 0.15) is 19.3 Å². The van der Waals surface area contributed by atoms with E-state index < -0.39 is 0 Å². The molecular weight excluding hydrogens is 397 g/mol. The molecule has 7 nitrogen and oxygen atoms in total. The van der Waals surface area contributed by atoms with Crippen molar-refractivity contribution >= 4 is 28.2 Å². The van der Waals surface area contributed by atoms with Crippen molar-refractivity contribution in [2.24, 2.45) is 0 Å². The highest BCUT2D eigenvalue weighted by Crippen LogP contribution is 2.36. The number of nitrogens with one attached hydrogen (secondary N) is 2. The molecule has 2 saturated heterocycles. The zero-order valence-corrected chi connectivity index (χ0v) is 17.2. The van der Waals surface area contributed by atoms with Crippen LogP contribution in [0.15, 0.2) is 42.6 Å². The van der Waals surface area contributed by atoms with Gasteiger partial charge in [-0.25, -0.2) is 14.4 Å². The highest BCUT2D eigenvalue weighted by Gasteiger charge is 2.25. The third-order valence-corrected chi connectivity index (χ3v) is 5.83. The topological polar surface area (TPSA) is 82.5 Å². The van der Waals surface area contributed by atoms with E-state index in [-0.39, 0.29) is 18.0 Å². The number of benzene rings is 2. The first-order valence-corrected chi connectivity index (χ1v) is 10.8. The van der Waals surface area contributed by atoms with Gasteiger partial charge in [0.05, 0.1) is 17.3 Å². The van der Waals surface area contributed by atoms with Crippen molar-refractivity contribution in [2.75, 3.05) is 36.4 Å². The summed E-state index contributed by atoms with van der Waals surface area (Å²) in [4.78, 5) is 11.2. The number of ether oxygens (including phenoxy) is 1. The van der Waals surface area contributed by atoms with E-state index >= 15 is 0 Å². The highest BCUT2D eigenvalue weighted by atomic mass is 19.1. The Bertz CT molecular complexity index is 1070. The summed E-state index contributed by atoms with van der Waals surface area (Å²) < 4.78 is 19.9. The molecule has 2 aromatic carbocycles. The van der Waals surface area contributed by atoms with E-state index in [4.69, 9.17) is 4.74 Å². The number of piperidine rings is 1. The van der Waals surface area contributed by atoms with Crippen molar-refractivity contribution < 1.29 is 14.2 Å². The van der Waals surface area contributed by atoms with Gasteiger partial charge in [-0.2, -0.15) is 0 Å². The molecule has 1 aromatic heterocycles. The molecule has 0 bridgehead atoms. The molecule has 1 unspecified atom stereocenters. The van der Waals surface area contributed by atoms with Gasteiger partial charge in [0.1, 0.15) is 17.7 Å². The molecule has 2 aliphatic heterocycles. The van der Waals surface area contributed by atoms with Crippen LogP contribution in [0, 0.1) is 5.82 Å². The average molecular weight is 423 g/mol. The fraction of sp³-hybridized carbons (Fsp3) is 0.391. The number of fused-ring (bicyclic) bond motifs is 1. The molecule has 0 radical (unpaired) electrons. The summed E-state index contributed by atoms with van der Waals surface area (Å²) in [7, 11) is 0. The number of aliphatic hydroxyl groups is 1. The zero-order chi connectivity index (χ0) is 21.2. The molecule has 3 heterocycles. The van der Waals surface area contributed by atoms with Gasteiger partial charge >= 0.3 is 0 Å². The van der Waals surface area contributed by atoms with Crippen LogP contribution in [-0.4, -0.2) is 53.5 Å². The Hall–Kier alpha value is -2.97. The number of aliphatic hydroxyl groups excluding tert-OH is 1. The lowest BCUT2D eigenvalue weighted by atomic mass is 10.1. The summed E-state index contributed by atoms with van der Waals surface area (Å²) in [5.41, 5.74) is 2.31. The monoisotopic (exact) mass is 423 g/mol. The number of β-amino-alcohol motifs (C(OH)–C–C–N with tert-alkyl or cyclic N) is 1. The minimum Gasteiger partial charge on any atom is -0.488 e. The number of hydrogen-bond donors (Lipinski definition) is 3. The van der Waals surface area contributed by atoms with E-state index in [0.29, 0.717) is 18.2 Å². The second kappa shape index (κ2) is 8.64. The fourth-order valence-corrected chi connectivity index (χ4v) is 4.20. The number of aromatic nitrogens is 2. The number of hydrogen-bond acceptors (Lipinski definition) is 7. The Labute approximate surface area is 180 Å². The second-order valence-corrected chi connectivity index (χ2v) is 8.16. The van der Waals surface area contributed by atoms with Crippen LogP contribution in [0.3, 0.4) is 0 Å². The van der Waals surface area contributed by atoms with Gasteiger partial charge in [-0.15, -0.1) is 0 Å². The molecule has 31 heavy (non-hydrogen) atoms. The summed E-state index contributed by atoms with van der Waals surface area (Å²) in [5, 5.41) is 17.3. The Morgan fingerprint density at radius 2 is 2.03 bits per heavy atom.